The monoisotopic (exact) mass is 278 g/mol. The lowest BCUT2D eigenvalue weighted by Crippen LogP contribution is -2.36. The second kappa shape index (κ2) is 7.75. The zero-order valence-electron chi connectivity index (χ0n) is 11.9. The lowest BCUT2D eigenvalue weighted by Gasteiger charge is -2.13. The summed E-state index contributed by atoms with van der Waals surface area (Å²) in [5.41, 5.74) is 0.732. The molecule has 5 heteroatoms. The van der Waals surface area contributed by atoms with Gasteiger partial charge in [-0.15, -0.1) is 0 Å². The van der Waals surface area contributed by atoms with Crippen molar-refractivity contribution in [2.45, 2.75) is 31.7 Å². The van der Waals surface area contributed by atoms with Crippen LogP contribution in [-0.4, -0.2) is 32.4 Å². The molecule has 5 nitrogen and oxygen atoms in total. The summed E-state index contributed by atoms with van der Waals surface area (Å²) in [5.74, 6) is 0.723. The molecule has 1 aromatic carbocycles. The minimum absolute atomic E-state index is 0.147. The molecule has 1 fully saturated rings. The zero-order valence-corrected chi connectivity index (χ0v) is 11.9. The Balaban J connectivity index is 1.81. The molecule has 1 aliphatic carbocycles. The van der Waals surface area contributed by atoms with Gasteiger partial charge >= 0.3 is 6.03 Å². The fraction of sp³-hybridized carbons (Fsp3) is 0.533. The van der Waals surface area contributed by atoms with E-state index in [0.717, 1.165) is 24.3 Å². The number of anilines is 1. The summed E-state index contributed by atoms with van der Waals surface area (Å²) in [6.45, 7) is 1.04. The van der Waals surface area contributed by atoms with Gasteiger partial charge < -0.3 is 20.1 Å². The van der Waals surface area contributed by atoms with Gasteiger partial charge in [-0.1, -0.05) is 18.9 Å². The van der Waals surface area contributed by atoms with E-state index in [1.165, 1.54) is 12.8 Å². The van der Waals surface area contributed by atoms with Crippen LogP contribution in [0.2, 0.25) is 0 Å². The first-order valence-electron chi connectivity index (χ1n) is 7.07. The summed E-state index contributed by atoms with van der Waals surface area (Å²) in [7, 11) is 1.63. The third-order valence-electron chi connectivity index (χ3n) is 3.34. The van der Waals surface area contributed by atoms with E-state index in [0.29, 0.717) is 19.3 Å². The Hall–Kier alpha value is -1.75. The molecule has 110 valence electrons. The summed E-state index contributed by atoms with van der Waals surface area (Å²) in [6.07, 6.45) is 4.56. The average molecular weight is 278 g/mol. The highest BCUT2D eigenvalue weighted by molar-refractivity contribution is 5.89. The first-order valence-corrected chi connectivity index (χ1v) is 7.07. The predicted molar refractivity (Wildman–Crippen MR) is 78.2 cm³/mol. The van der Waals surface area contributed by atoms with E-state index in [4.69, 9.17) is 9.47 Å². The van der Waals surface area contributed by atoms with Crippen LogP contribution in [0.5, 0.6) is 5.75 Å². The van der Waals surface area contributed by atoms with Crippen molar-refractivity contribution < 1.29 is 14.3 Å². The first kappa shape index (κ1) is 14.7. The summed E-state index contributed by atoms with van der Waals surface area (Å²) >= 11 is 0. The number of hydrogen-bond donors (Lipinski definition) is 2. The van der Waals surface area contributed by atoms with Crippen molar-refractivity contribution in [2.24, 2.45) is 0 Å². The third kappa shape index (κ3) is 4.74. The van der Waals surface area contributed by atoms with Gasteiger partial charge in [-0.05, 0) is 25.0 Å². The maximum atomic E-state index is 11.9. The lowest BCUT2D eigenvalue weighted by atomic mass is 10.2. The van der Waals surface area contributed by atoms with Crippen molar-refractivity contribution in [1.82, 2.24) is 5.32 Å². The molecule has 0 unspecified atom stereocenters. The fourth-order valence-electron chi connectivity index (χ4n) is 2.33. The number of carbonyl (C=O) groups is 1. The van der Waals surface area contributed by atoms with Gasteiger partial charge in [-0.3, -0.25) is 0 Å². The van der Waals surface area contributed by atoms with Crippen LogP contribution in [0, 0.1) is 0 Å². The molecule has 2 amide bonds. The maximum Gasteiger partial charge on any atom is 0.319 e. The SMILES string of the molecule is COCCOc1cccc(NC(=O)NC2CCCC2)c1. The van der Waals surface area contributed by atoms with Crippen molar-refractivity contribution in [3.63, 3.8) is 0 Å². The van der Waals surface area contributed by atoms with Gasteiger partial charge in [0.15, 0.2) is 0 Å². The topological polar surface area (TPSA) is 59.6 Å². The molecule has 0 aliphatic heterocycles. The van der Waals surface area contributed by atoms with Crippen molar-refractivity contribution in [3.8, 4) is 5.75 Å². The highest BCUT2D eigenvalue weighted by Crippen LogP contribution is 2.19. The quantitative estimate of drug-likeness (QED) is 0.787. The van der Waals surface area contributed by atoms with E-state index >= 15 is 0 Å². The maximum absolute atomic E-state index is 11.9. The van der Waals surface area contributed by atoms with Crippen LogP contribution >= 0.6 is 0 Å². The molecule has 1 aliphatic rings. The van der Waals surface area contributed by atoms with E-state index < -0.39 is 0 Å². The minimum Gasteiger partial charge on any atom is -0.491 e. The standard InChI is InChI=1S/C15H22N2O3/c1-19-9-10-20-14-8-4-7-13(11-14)17-15(18)16-12-5-2-3-6-12/h4,7-8,11-12H,2-3,5-6,9-10H2,1H3,(H2,16,17,18). The summed E-state index contributed by atoms with van der Waals surface area (Å²) in [4.78, 5) is 11.9. The number of hydrogen-bond acceptors (Lipinski definition) is 3. The van der Waals surface area contributed by atoms with Gasteiger partial charge in [0.1, 0.15) is 12.4 Å². The molecule has 1 saturated carbocycles. The number of benzene rings is 1. The summed E-state index contributed by atoms with van der Waals surface area (Å²) in [5, 5.41) is 5.83. The van der Waals surface area contributed by atoms with Gasteiger partial charge in [0.05, 0.1) is 6.61 Å². The summed E-state index contributed by atoms with van der Waals surface area (Å²) in [6, 6.07) is 7.53. The number of urea groups is 1. The van der Waals surface area contributed by atoms with Gasteiger partial charge in [-0.2, -0.15) is 0 Å². The average Bonchev–Trinajstić information content (AvgIpc) is 2.92. The molecule has 0 heterocycles. The van der Waals surface area contributed by atoms with Crippen LogP contribution in [0.1, 0.15) is 25.7 Å². The van der Waals surface area contributed by atoms with Crippen LogP contribution in [-0.2, 0) is 4.74 Å². The Morgan fingerprint density at radius 1 is 1.30 bits per heavy atom. The van der Waals surface area contributed by atoms with E-state index in [1.807, 2.05) is 24.3 Å². The number of methoxy groups -OCH3 is 1. The number of amides is 2. The van der Waals surface area contributed by atoms with Crippen molar-refractivity contribution in [1.29, 1.82) is 0 Å². The number of ether oxygens (including phenoxy) is 2. The van der Waals surface area contributed by atoms with Crippen molar-refractivity contribution in [3.05, 3.63) is 24.3 Å². The smallest absolute Gasteiger partial charge is 0.319 e. The first-order chi connectivity index (χ1) is 9.78. The summed E-state index contributed by atoms with van der Waals surface area (Å²) < 4.78 is 10.4. The Morgan fingerprint density at radius 3 is 2.85 bits per heavy atom. The third-order valence-corrected chi connectivity index (χ3v) is 3.34. The Bertz CT molecular complexity index is 431. The van der Waals surface area contributed by atoms with Gasteiger partial charge in [0.25, 0.3) is 0 Å². The van der Waals surface area contributed by atoms with E-state index in [1.54, 1.807) is 7.11 Å². The van der Waals surface area contributed by atoms with Crippen LogP contribution in [0.15, 0.2) is 24.3 Å². The van der Waals surface area contributed by atoms with Gasteiger partial charge in [0.2, 0.25) is 0 Å². The molecule has 0 spiro atoms. The highest BCUT2D eigenvalue weighted by atomic mass is 16.5. The molecular weight excluding hydrogens is 256 g/mol. The van der Waals surface area contributed by atoms with Crippen LogP contribution in [0.25, 0.3) is 0 Å². The highest BCUT2D eigenvalue weighted by Gasteiger charge is 2.16. The Labute approximate surface area is 119 Å². The molecule has 0 radical (unpaired) electrons. The van der Waals surface area contributed by atoms with Crippen molar-refractivity contribution >= 4 is 11.7 Å². The molecule has 2 rings (SSSR count). The zero-order chi connectivity index (χ0) is 14.2. The van der Waals surface area contributed by atoms with E-state index in [2.05, 4.69) is 10.6 Å². The molecule has 2 N–H and O–H groups in total. The molecule has 0 bridgehead atoms. The normalized spacial score (nSPS) is 15.1. The second-order valence-electron chi connectivity index (χ2n) is 4.95. The number of carbonyl (C=O) groups excluding carboxylic acids is 1. The molecular formula is C15H22N2O3. The van der Waals surface area contributed by atoms with E-state index in [-0.39, 0.29) is 6.03 Å². The number of nitrogens with one attached hydrogen (secondary N) is 2. The fourth-order valence-corrected chi connectivity index (χ4v) is 2.33. The number of rotatable bonds is 6. The van der Waals surface area contributed by atoms with Crippen LogP contribution in [0.3, 0.4) is 0 Å². The Morgan fingerprint density at radius 2 is 2.10 bits per heavy atom. The van der Waals surface area contributed by atoms with E-state index in [9.17, 15) is 4.79 Å². The van der Waals surface area contributed by atoms with Gasteiger partial charge in [0, 0.05) is 24.9 Å². The molecule has 20 heavy (non-hydrogen) atoms. The van der Waals surface area contributed by atoms with Gasteiger partial charge in [-0.25, -0.2) is 4.79 Å². The predicted octanol–water partition coefficient (Wildman–Crippen LogP) is 2.78. The molecule has 0 aromatic heterocycles. The minimum atomic E-state index is -0.147. The van der Waals surface area contributed by atoms with Crippen LogP contribution < -0.4 is 15.4 Å². The molecule has 0 atom stereocenters. The lowest BCUT2D eigenvalue weighted by molar-refractivity contribution is 0.146. The van der Waals surface area contributed by atoms with Crippen LogP contribution in [0.4, 0.5) is 10.5 Å². The molecule has 1 aromatic rings. The van der Waals surface area contributed by atoms with Crippen molar-refractivity contribution in [2.75, 3.05) is 25.6 Å². The Kier molecular flexibility index (Phi) is 5.68. The largest absolute Gasteiger partial charge is 0.491 e. The molecule has 0 saturated heterocycles. The second-order valence-corrected chi connectivity index (χ2v) is 4.95.